The van der Waals surface area contributed by atoms with Crippen molar-refractivity contribution >= 4 is 12.6 Å². The van der Waals surface area contributed by atoms with Crippen molar-refractivity contribution in [3.8, 4) is 0 Å². The first-order valence-corrected chi connectivity index (χ1v) is 9.95. The molecule has 0 heterocycles. The highest BCUT2D eigenvalue weighted by atomic mass is 16.4. The summed E-state index contributed by atoms with van der Waals surface area (Å²) in [6.45, 7) is 21.0. The molecule has 1 aromatic rings. The van der Waals surface area contributed by atoms with Gasteiger partial charge in [0.15, 0.2) is 0 Å². The molecule has 0 unspecified atom stereocenters. The van der Waals surface area contributed by atoms with Crippen molar-refractivity contribution in [3.63, 3.8) is 0 Å². The Balaban J connectivity index is 3.38. The molecule has 0 saturated carbocycles. The molecule has 0 atom stereocenters. The second-order valence-electron chi connectivity index (χ2n) is 8.59. The third kappa shape index (κ3) is 6.09. The van der Waals surface area contributed by atoms with E-state index in [4.69, 9.17) is 0 Å². The highest BCUT2D eigenvalue weighted by Gasteiger charge is 2.26. The first kappa shape index (κ1) is 23.2. The minimum Gasteiger partial charge on any atom is -0.423 e. The molecule has 0 saturated heterocycles. The van der Waals surface area contributed by atoms with Crippen molar-refractivity contribution in [2.24, 2.45) is 0 Å². The second-order valence-corrected chi connectivity index (χ2v) is 8.59. The van der Waals surface area contributed by atoms with Gasteiger partial charge < -0.3 is 10.0 Å². The lowest BCUT2D eigenvalue weighted by Crippen LogP contribution is -2.44. The summed E-state index contributed by atoms with van der Waals surface area (Å²) in [6.07, 6.45) is 0. The highest BCUT2D eigenvalue weighted by molar-refractivity contribution is 6.59. The Morgan fingerprint density at radius 3 is 1.27 bits per heavy atom. The van der Waals surface area contributed by atoms with Gasteiger partial charge in [0, 0.05) is 37.3 Å². The fourth-order valence-corrected chi connectivity index (χ4v) is 3.86. The molecular weight excluding hydrogens is 323 g/mol. The Morgan fingerprint density at radius 1 is 0.731 bits per heavy atom. The van der Waals surface area contributed by atoms with Crippen molar-refractivity contribution in [3.05, 3.63) is 28.8 Å². The van der Waals surface area contributed by atoms with Crippen molar-refractivity contribution in [1.29, 1.82) is 0 Å². The average molecular weight is 362 g/mol. The SMILES string of the molecule is Cc1cc(CN(C(C)C)C(C)C)c(B(O)O)c(CN(C(C)C)C(C)C)c1. The van der Waals surface area contributed by atoms with E-state index < -0.39 is 7.12 Å². The van der Waals surface area contributed by atoms with Crippen LogP contribution in [0.1, 0.15) is 72.1 Å². The minimum absolute atomic E-state index is 0.394. The maximum absolute atomic E-state index is 10.2. The zero-order valence-corrected chi connectivity index (χ0v) is 18.2. The van der Waals surface area contributed by atoms with Crippen molar-refractivity contribution in [2.45, 2.75) is 99.6 Å². The lowest BCUT2D eigenvalue weighted by Gasteiger charge is -2.34. The van der Waals surface area contributed by atoms with Gasteiger partial charge in [0.1, 0.15) is 0 Å². The number of benzene rings is 1. The van der Waals surface area contributed by atoms with Crippen LogP contribution < -0.4 is 5.46 Å². The number of rotatable bonds is 9. The third-order valence-electron chi connectivity index (χ3n) is 5.11. The van der Waals surface area contributed by atoms with Crippen molar-refractivity contribution < 1.29 is 10.0 Å². The normalized spacial score (nSPS) is 12.5. The van der Waals surface area contributed by atoms with Gasteiger partial charge in [-0.05, 0) is 78.9 Å². The molecule has 0 aromatic heterocycles. The minimum atomic E-state index is -1.46. The Labute approximate surface area is 161 Å². The van der Waals surface area contributed by atoms with E-state index in [1.165, 1.54) is 5.56 Å². The molecule has 148 valence electrons. The second kappa shape index (κ2) is 9.89. The number of hydrogen-bond donors (Lipinski definition) is 2. The van der Waals surface area contributed by atoms with Gasteiger partial charge in [0.25, 0.3) is 0 Å². The molecule has 0 fully saturated rings. The molecule has 5 heteroatoms. The molecule has 0 spiro atoms. The summed E-state index contributed by atoms with van der Waals surface area (Å²) in [5.41, 5.74) is 3.88. The van der Waals surface area contributed by atoms with E-state index in [-0.39, 0.29) is 0 Å². The van der Waals surface area contributed by atoms with Crippen LogP contribution in [-0.2, 0) is 13.1 Å². The van der Waals surface area contributed by atoms with Crippen LogP contribution in [0, 0.1) is 6.92 Å². The molecule has 4 nitrogen and oxygen atoms in total. The van der Waals surface area contributed by atoms with Crippen molar-refractivity contribution in [2.75, 3.05) is 0 Å². The maximum atomic E-state index is 10.2. The van der Waals surface area contributed by atoms with E-state index in [1.54, 1.807) is 0 Å². The van der Waals surface area contributed by atoms with Gasteiger partial charge in [0.05, 0.1) is 0 Å². The van der Waals surface area contributed by atoms with Crippen LogP contribution in [0.25, 0.3) is 0 Å². The number of nitrogens with zero attached hydrogens (tertiary/aromatic N) is 2. The van der Waals surface area contributed by atoms with Gasteiger partial charge in [-0.2, -0.15) is 0 Å². The summed E-state index contributed by atoms with van der Waals surface area (Å²) in [7, 11) is -1.46. The van der Waals surface area contributed by atoms with Gasteiger partial charge in [-0.1, -0.05) is 17.7 Å². The topological polar surface area (TPSA) is 46.9 Å². The average Bonchev–Trinajstić information content (AvgIpc) is 2.47. The molecule has 26 heavy (non-hydrogen) atoms. The van der Waals surface area contributed by atoms with E-state index >= 15 is 0 Å². The molecule has 0 aliphatic heterocycles. The molecule has 1 aromatic carbocycles. The number of aryl methyl sites for hydroxylation is 1. The van der Waals surface area contributed by atoms with Gasteiger partial charge in [-0.15, -0.1) is 0 Å². The molecule has 0 aliphatic carbocycles. The Morgan fingerprint density at radius 2 is 1.04 bits per heavy atom. The van der Waals surface area contributed by atoms with Crippen LogP contribution in [0.5, 0.6) is 0 Å². The summed E-state index contributed by atoms with van der Waals surface area (Å²) in [5.74, 6) is 0. The Bertz CT molecular complexity index is 512. The molecule has 0 radical (unpaired) electrons. The summed E-state index contributed by atoms with van der Waals surface area (Å²) in [4.78, 5) is 4.76. The molecule has 0 amide bonds. The van der Waals surface area contributed by atoms with E-state index in [2.05, 4.69) is 84.2 Å². The van der Waals surface area contributed by atoms with E-state index in [1.807, 2.05) is 0 Å². The zero-order valence-electron chi connectivity index (χ0n) is 18.2. The van der Waals surface area contributed by atoms with E-state index in [9.17, 15) is 10.0 Å². The van der Waals surface area contributed by atoms with Gasteiger partial charge in [-0.25, -0.2) is 0 Å². The first-order chi connectivity index (χ1) is 12.0. The van der Waals surface area contributed by atoms with Crippen LogP contribution in [-0.4, -0.2) is 51.1 Å². The fourth-order valence-electron chi connectivity index (χ4n) is 3.86. The predicted molar refractivity (Wildman–Crippen MR) is 113 cm³/mol. The van der Waals surface area contributed by atoms with Gasteiger partial charge in [0.2, 0.25) is 0 Å². The standard InChI is InChI=1S/C21H39BN2O2/c1-14(2)23(15(3)4)12-19-10-18(9)11-20(21(19)22(25)26)13-24(16(5)6)17(7)8/h10-11,14-17,25-26H,12-13H2,1-9H3. The Hall–Kier alpha value is -0.875. The first-order valence-electron chi connectivity index (χ1n) is 9.95. The van der Waals surface area contributed by atoms with Crippen LogP contribution in [0.3, 0.4) is 0 Å². The largest absolute Gasteiger partial charge is 0.489 e. The summed E-state index contributed by atoms with van der Waals surface area (Å²) < 4.78 is 0. The highest BCUT2D eigenvalue weighted by Crippen LogP contribution is 2.18. The van der Waals surface area contributed by atoms with E-state index in [0.717, 1.165) is 24.2 Å². The molecular formula is C21H39BN2O2. The quantitative estimate of drug-likeness (QED) is 0.663. The summed E-state index contributed by atoms with van der Waals surface area (Å²) >= 11 is 0. The maximum Gasteiger partial charge on any atom is 0.489 e. The van der Waals surface area contributed by atoms with Gasteiger partial charge >= 0.3 is 7.12 Å². The predicted octanol–water partition coefficient (Wildman–Crippen LogP) is 2.91. The van der Waals surface area contributed by atoms with Crippen molar-refractivity contribution in [1.82, 2.24) is 9.80 Å². The van der Waals surface area contributed by atoms with Crippen LogP contribution >= 0.6 is 0 Å². The molecule has 0 aliphatic rings. The third-order valence-corrected chi connectivity index (χ3v) is 5.11. The summed E-state index contributed by atoms with van der Waals surface area (Å²) in [6, 6.07) is 5.78. The molecule has 1 rings (SSSR count). The molecule has 0 bridgehead atoms. The monoisotopic (exact) mass is 362 g/mol. The van der Waals surface area contributed by atoms with Crippen LogP contribution in [0.2, 0.25) is 0 Å². The molecule has 2 N–H and O–H groups in total. The summed E-state index contributed by atoms with van der Waals surface area (Å²) in [5, 5.41) is 20.3. The lowest BCUT2D eigenvalue weighted by atomic mass is 9.72. The smallest absolute Gasteiger partial charge is 0.423 e. The van der Waals surface area contributed by atoms with E-state index in [0.29, 0.717) is 29.6 Å². The lowest BCUT2D eigenvalue weighted by molar-refractivity contribution is 0.163. The van der Waals surface area contributed by atoms with Crippen LogP contribution in [0.4, 0.5) is 0 Å². The zero-order chi connectivity index (χ0) is 20.2. The van der Waals surface area contributed by atoms with Gasteiger partial charge in [-0.3, -0.25) is 9.80 Å². The van der Waals surface area contributed by atoms with Crippen LogP contribution in [0.15, 0.2) is 12.1 Å². The Kier molecular flexibility index (Phi) is 8.81. The fraction of sp³-hybridized carbons (Fsp3) is 0.714. The number of hydrogen-bond acceptors (Lipinski definition) is 4.